The Kier molecular flexibility index (Phi) is 4.55. The molecule has 108 valence electrons. The van der Waals surface area contributed by atoms with E-state index in [0.717, 1.165) is 0 Å². The van der Waals surface area contributed by atoms with Gasteiger partial charge in [-0.2, -0.15) is 0 Å². The molecule has 2 aromatic rings. The number of hydrogen-bond acceptors (Lipinski definition) is 0. The van der Waals surface area contributed by atoms with Crippen LogP contribution in [0, 0.1) is 46.5 Å². The van der Waals surface area contributed by atoms with Gasteiger partial charge >= 0.3 is 125 Å². The average molecular weight is 499 g/mol. The minimum atomic E-state index is -3.79. The van der Waals surface area contributed by atoms with Gasteiger partial charge in [0.2, 0.25) is 0 Å². The molecule has 0 spiro atoms. The Balaban J connectivity index is 2.64. The monoisotopic (exact) mass is 500 g/mol. The Morgan fingerprint density at radius 2 is 0.714 bits per heavy atom. The molecule has 0 amide bonds. The quantitative estimate of drug-likeness (QED) is 0.339. The first kappa shape index (κ1) is 16.2. The summed E-state index contributed by atoms with van der Waals surface area (Å²) in [5.74, 6) is -14.2. The Morgan fingerprint density at radius 3 is 0.952 bits per heavy atom. The summed E-state index contributed by atoms with van der Waals surface area (Å²) in [7, 11) is 0. The second kappa shape index (κ2) is 5.90. The number of benzene rings is 2. The number of hydrogen-bond donors (Lipinski definition) is 0. The molecule has 2 rings (SSSR count). The maximum absolute atomic E-state index is 13.4. The SMILES string of the molecule is Fc1cc(F)c(F)[c]([Hg][c]2c(F)c(F)cc(F)c2F)c1F. The van der Waals surface area contributed by atoms with Crippen LogP contribution >= 0.6 is 0 Å². The van der Waals surface area contributed by atoms with Gasteiger partial charge in [0.25, 0.3) is 0 Å². The van der Waals surface area contributed by atoms with Crippen LogP contribution < -0.4 is 6.14 Å². The van der Waals surface area contributed by atoms with Crippen LogP contribution in [-0.4, -0.2) is 0 Å². The molecule has 0 unspecified atom stereocenters. The molecular formula is C12H2F8Hg. The fraction of sp³-hybridized carbons (Fsp3) is 0. The van der Waals surface area contributed by atoms with Crippen LogP contribution in [0.4, 0.5) is 35.1 Å². The summed E-state index contributed by atoms with van der Waals surface area (Å²) in [6.45, 7) is 0. The van der Waals surface area contributed by atoms with Gasteiger partial charge in [0, 0.05) is 0 Å². The number of halogens is 8. The van der Waals surface area contributed by atoms with Crippen molar-refractivity contribution in [1.82, 2.24) is 0 Å². The van der Waals surface area contributed by atoms with Crippen LogP contribution in [0.15, 0.2) is 12.1 Å². The first-order valence-corrected chi connectivity index (χ1v) is 10.9. The molecule has 0 nitrogen and oxygen atoms in total. The third kappa shape index (κ3) is 2.90. The van der Waals surface area contributed by atoms with E-state index in [2.05, 4.69) is 0 Å². The molecule has 0 aliphatic rings. The van der Waals surface area contributed by atoms with E-state index in [9.17, 15) is 35.1 Å². The minimum absolute atomic E-state index is 0.0686. The molecule has 0 saturated carbocycles. The average Bonchev–Trinajstić information content (AvgIpc) is 2.42. The van der Waals surface area contributed by atoms with Crippen molar-refractivity contribution < 1.29 is 59.7 Å². The van der Waals surface area contributed by atoms with E-state index in [4.69, 9.17) is 0 Å². The van der Waals surface area contributed by atoms with Crippen LogP contribution in [-0.2, 0) is 24.6 Å². The van der Waals surface area contributed by atoms with E-state index in [-0.39, 0.29) is 12.1 Å². The van der Waals surface area contributed by atoms with Crippen molar-refractivity contribution in [3.8, 4) is 0 Å². The topological polar surface area (TPSA) is 0 Å². The van der Waals surface area contributed by atoms with Gasteiger partial charge in [-0.05, 0) is 0 Å². The predicted octanol–water partition coefficient (Wildman–Crippen LogP) is 2.83. The van der Waals surface area contributed by atoms with Gasteiger partial charge in [0.05, 0.1) is 0 Å². The summed E-state index contributed by atoms with van der Waals surface area (Å²) in [6, 6.07) is -0.137. The standard InChI is InChI=1S/2C6HF4.Hg/c2*7-3-1-4(8)6(10)2-5(3)9;/h2*1H;. The fourth-order valence-electron chi connectivity index (χ4n) is 1.73. The second-order valence-electron chi connectivity index (χ2n) is 4.07. The Hall–Kier alpha value is -1.18. The third-order valence-electron chi connectivity index (χ3n) is 2.76. The molecule has 0 atom stereocenters. The fourth-order valence-corrected chi connectivity index (χ4v) is 8.15. The van der Waals surface area contributed by atoms with Crippen LogP contribution in [0.3, 0.4) is 0 Å². The van der Waals surface area contributed by atoms with Crippen LogP contribution in [0.2, 0.25) is 0 Å². The Bertz CT molecular complexity index is 614. The van der Waals surface area contributed by atoms with E-state index in [0.29, 0.717) is 0 Å². The van der Waals surface area contributed by atoms with E-state index in [1.807, 2.05) is 0 Å². The molecule has 0 heterocycles. The first-order chi connectivity index (χ1) is 9.73. The van der Waals surface area contributed by atoms with Crippen LogP contribution in [0.1, 0.15) is 0 Å². The van der Waals surface area contributed by atoms with Crippen molar-refractivity contribution in [3.63, 3.8) is 0 Å². The van der Waals surface area contributed by atoms with Gasteiger partial charge in [-0.15, -0.1) is 0 Å². The summed E-state index contributed by atoms with van der Waals surface area (Å²) >= 11 is -3.79. The van der Waals surface area contributed by atoms with Gasteiger partial charge in [-0.3, -0.25) is 0 Å². The zero-order valence-electron chi connectivity index (χ0n) is 9.89. The van der Waals surface area contributed by atoms with Gasteiger partial charge in [0.1, 0.15) is 0 Å². The van der Waals surface area contributed by atoms with Gasteiger partial charge < -0.3 is 0 Å². The third-order valence-corrected chi connectivity index (χ3v) is 10.3. The molecule has 0 bridgehead atoms. The van der Waals surface area contributed by atoms with Crippen molar-refractivity contribution in [1.29, 1.82) is 0 Å². The van der Waals surface area contributed by atoms with E-state index >= 15 is 0 Å². The molecule has 0 saturated heterocycles. The zero-order chi connectivity index (χ0) is 15.9. The Labute approximate surface area is 124 Å². The molecule has 2 aromatic carbocycles. The Morgan fingerprint density at radius 1 is 0.476 bits per heavy atom. The van der Waals surface area contributed by atoms with E-state index in [1.165, 1.54) is 0 Å². The summed E-state index contributed by atoms with van der Waals surface area (Å²) in [5, 5.41) is 0. The molecule has 9 heteroatoms. The van der Waals surface area contributed by atoms with Gasteiger partial charge in [-0.25, -0.2) is 0 Å². The van der Waals surface area contributed by atoms with Crippen molar-refractivity contribution >= 4 is 6.14 Å². The molecule has 0 aliphatic heterocycles. The van der Waals surface area contributed by atoms with Gasteiger partial charge in [0.15, 0.2) is 0 Å². The molecule has 0 aromatic heterocycles. The summed E-state index contributed by atoms with van der Waals surface area (Å²) in [5.41, 5.74) is 0. The predicted molar refractivity (Wildman–Crippen MR) is 51.8 cm³/mol. The maximum atomic E-state index is 13.4. The molecule has 0 N–H and O–H groups in total. The molecule has 0 fully saturated rings. The van der Waals surface area contributed by atoms with Crippen LogP contribution in [0.25, 0.3) is 0 Å². The zero-order valence-corrected chi connectivity index (χ0v) is 15.4. The molecular weight excluding hydrogens is 497 g/mol. The van der Waals surface area contributed by atoms with Crippen molar-refractivity contribution in [2.24, 2.45) is 0 Å². The van der Waals surface area contributed by atoms with Crippen molar-refractivity contribution in [2.75, 3.05) is 0 Å². The molecule has 0 radical (unpaired) electrons. The number of rotatable bonds is 2. The van der Waals surface area contributed by atoms with E-state index < -0.39 is 77.3 Å². The molecule has 21 heavy (non-hydrogen) atoms. The second-order valence-corrected chi connectivity index (χ2v) is 10.9. The van der Waals surface area contributed by atoms with Gasteiger partial charge in [-0.1, -0.05) is 0 Å². The van der Waals surface area contributed by atoms with Crippen molar-refractivity contribution in [2.45, 2.75) is 0 Å². The normalized spacial score (nSPS) is 10.7. The first-order valence-electron chi connectivity index (χ1n) is 5.37. The molecule has 0 aliphatic carbocycles. The van der Waals surface area contributed by atoms with Crippen LogP contribution in [0.5, 0.6) is 0 Å². The van der Waals surface area contributed by atoms with E-state index in [1.54, 1.807) is 0 Å². The summed E-state index contributed by atoms with van der Waals surface area (Å²) in [4.78, 5) is 0. The summed E-state index contributed by atoms with van der Waals surface area (Å²) in [6.07, 6.45) is 0. The summed E-state index contributed by atoms with van der Waals surface area (Å²) < 4.78 is 103. The van der Waals surface area contributed by atoms with Crippen molar-refractivity contribution in [3.05, 3.63) is 58.7 Å².